The Hall–Kier alpha value is -1.53. The molecule has 1 aromatic heterocycles. The summed E-state index contributed by atoms with van der Waals surface area (Å²) in [6.45, 7) is 2.28. The molecule has 0 radical (unpaired) electrons. The minimum atomic E-state index is -3.70. The molecule has 0 N–H and O–H groups in total. The van der Waals surface area contributed by atoms with Gasteiger partial charge in [0.05, 0.1) is 11.5 Å². The molecular weight excluding hydrogens is 300 g/mol. The summed E-state index contributed by atoms with van der Waals surface area (Å²) in [5.41, 5.74) is 1.80. The Bertz CT molecular complexity index is 710. The predicted molar refractivity (Wildman–Crippen MR) is 76.6 cm³/mol. The van der Waals surface area contributed by atoms with Gasteiger partial charge in [0.2, 0.25) is 0 Å². The van der Waals surface area contributed by atoms with Crippen molar-refractivity contribution in [2.45, 2.75) is 18.2 Å². The van der Waals surface area contributed by atoms with Crippen LogP contribution in [-0.4, -0.2) is 24.8 Å². The van der Waals surface area contributed by atoms with Gasteiger partial charge >= 0.3 is 0 Å². The fourth-order valence-electron chi connectivity index (χ4n) is 1.85. The standard InChI is InChI=1S/C13H15ClN2O3S/c1-10-9-12(20(14,17)18)3-4-13(10)19-8-6-11-5-7-15-16(11)2/h3-5,7,9H,6,8H2,1-2H3. The van der Waals surface area contributed by atoms with E-state index in [0.717, 1.165) is 17.7 Å². The Balaban J connectivity index is 2.02. The third-order valence-electron chi connectivity index (χ3n) is 2.97. The van der Waals surface area contributed by atoms with Gasteiger partial charge in [-0.3, -0.25) is 4.68 Å². The van der Waals surface area contributed by atoms with Crippen LogP contribution in [0.2, 0.25) is 0 Å². The highest BCUT2D eigenvalue weighted by molar-refractivity contribution is 8.13. The monoisotopic (exact) mass is 314 g/mol. The quantitative estimate of drug-likeness (QED) is 0.794. The van der Waals surface area contributed by atoms with Gasteiger partial charge in [-0.1, -0.05) is 0 Å². The summed E-state index contributed by atoms with van der Waals surface area (Å²) >= 11 is 0. The molecule has 0 bridgehead atoms. The van der Waals surface area contributed by atoms with E-state index in [4.69, 9.17) is 15.4 Å². The van der Waals surface area contributed by atoms with Crippen LogP contribution in [0.1, 0.15) is 11.3 Å². The largest absolute Gasteiger partial charge is 0.493 e. The first-order valence-electron chi connectivity index (χ1n) is 6.03. The van der Waals surface area contributed by atoms with Gasteiger partial charge in [-0.25, -0.2) is 8.42 Å². The molecule has 0 amide bonds. The molecule has 5 nitrogen and oxygen atoms in total. The van der Waals surface area contributed by atoms with Crippen molar-refractivity contribution in [1.82, 2.24) is 9.78 Å². The first-order valence-corrected chi connectivity index (χ1v) is 8.34. The van der Waals surface area contributed by atoms with Crippen molar-refractivity contribution in [2.24, 2.45) is 7.05 Å². The second-order valence-corrected chi connectivity index (χ2v) is 6.98. The summed E-state index contributed by atoms with van der Waals surface area (Å²) in [5.74, 6) is 0.649. The van der Waals surface area contributed by atoms with Gasteiger partial charge in [-0.05, 0) is 36.8 Å². The molecule has 2 rings (SSSR count). The fourth-order valence-corrected chi connectivity index (χ4v) is 2.68. The summed E-state index contributed by atoms with van der Waals surface area (Å²) in [4.78, 5) is 0.0793. The van der Waals surface area contributed by atoms with Crippen LogP contribution >= 0.6 is 10.7 Å². The number of hydrogen-bond donors (Lipinski definition) is 0. The van der Waals surface area contributed by atoms with Crippen molar-refractivity contribution in [3.8, 4) is 5.75 Å². The van der Waals surface area contributed by atoms with E-state index in [1.54, 1.807) is 23.9 Å². The second-order valence-electron chi connectivity index (χ2n) is 4.41. The normalized spacial score (nSPS) is 11.6. The zero-order chi connectivity index (χ0) is 14.8. The Kier molecular flexibility index (Phi) is 4.35. The molecule has 0 spiro atoms. The zero-order valence-corrected chi connectivity index (χ0v) is 12.8. The summed E-state index contributed by atoms with van der Waals surface area (Å²) in [6.07, 6.45) is 2.46. The van der Waals surface area contributed by atoms with E-state index >= 15 is 0 Å². The molecule has 0 aliphatic heterocycles. The van der Waals surface area contributed by atoms with Crippen LogP contribution in [0.3, 0.4) is 0 Å². The molecule has 108 valence electrons. The van der Waals surface area contributed by atoms with Crippen LogP contribution in [0.15, 0.2) is 35.4 Å². The number of nitrogens with zero attached hydrogens (tertiary/aromatic N) is 2. The van der Waals surface area contributed by atoms with E-state index in [-0.39, 0.29) is 4.90 Å². The predicted octanol–water partition coefficient (Wildman–Crippen LogP) is 2.28. The Morgan fingerprint density at radius 2 is 2.10 bits per heavy atom. The molecule has 0 aliphatic carbocycles. The average molecular weight is 315 g/mol. The topological polar surface area (TPSA) is 61.2 Å². The number of aryl methyl sites for hydroxylation is 2. The first-order chi connectivity index (χ1) is 9.38. The van der Waals surface area contributed by atoms with Gasteiger partial charge in [-0.2, -0.15) is 5.10 Å². The van der Waals surface area contributed by atoms with E-state index in [2.05, 4.69) is 5.10 Å². The molecule has 1 heterocycles. The lowest BCUT2D eigenvalue weighted by Gasteiger charge is -2.10. The van der Waals surface area contributed by atoms with Crippen molar-refractivity contribution in [2.75, 3.05) is 6.61 Å². The highest BCUT2D eigenvalue weighted by Crippen LogP contribution is 2.23. The van der Waals surface area contributed by atoms with Gasteiger partial charge in [0, 0.05) is 36.0 Å². The molecule has 2 aromatic rings. The molecule has 7 heteroatoms. The number of aromatic nitrogens is 2. The molecule has 0 saturated heterocycles. The van der Waals surface area contributed by atoms with Gasteiger partial charge in [-0.15, -0.1) is 0 Å². The van der Waals surface area contributed by atoms with E-state index < -0.39 is 9.05 Å². The number of rotatable bonds is 5. The van der Waals surface area contributed by atoms with Crippen LogP contribution in [-0.2, 0) is 22.5 Å². The smallest absolute Gasteiger partial charge is 0.261 e. The molecule has 1 aromatic carbocycles. The van der Waals surface area contributed by atoms with E-state index in [1.165, 1.54) is 12.1 Å². The minimum Gasteiger partial charge on any atom is -0.493 e. The average Bonchev–Trinajstić information content (AvgIpc) is 2.76. The summed E-state index contributed by atoms with van der Waals surface area (Å²) < 4.78 is 29.9. The zero-order valence-electron chi connectivity index (χ0n) is 11.2. The van der Waals surface area contributed by atoms with E-state index in [9.17, 15) is 8.42 Å². The molecular formula is C13H15ClN2O3S. The van der Waals surface area contributed by atoms with E-state index in [1.807, 2.05) is 13.1 Å². The fraction of sp³-hybridized carbons (Fsp3) is 0.308. The van der Waals surface area contributed by atoms with Crippen LogP contribution in [0, 0.1) is 6.92 Å². The molecule has 0 atom stereocenters. The van der Waals surface area contributed by atoms with Crippen LogP contribution in [0.4, 0.5) is 0 Å². The summed E-state index contributed by atoms with van der Waals surface area (Å²) in [6, 6.07) is 6.49. The van der Waals surface area contributed by atoms with Gasteiger partial charge in [0.15, 0.2) is 0 Å². The molecule has 20 heavy (non-hydrogen) atoms. The van der Waals surface area contributed by atoms with Gasteiger partial charge in [0.25, 0.3) is 9.05 Å². The summed E-state index contributed by atoms with van der Waals surface area (Å²) in [7, 11) is 3.47. The SMILES string of the molecule is Cc1cc(S(=O)(=O)Cl)ccc1OCCc1ccnn1C. The third-order valence-corrected chi connectivity index (χ3v) is 4.32. The summed E-state index contributed by atoms with van der Waals surface area (Å²) in [5, 5.41) is 4.08. The van der Waals surface area contributed by atoms with E-state index in [0.29, 0.717) is 12.4 Å². The molecule has 0 saturated carbocycles. The van der Waals surface area contributed by atoms with Crippen LogP contribution in [0.5, 0.6) is 5.75 Å². The Labute approximate surface area is 122 Å². The second kappa shape index (κ2) is 5.85. The van der Waals surface area contributed by atoms with Crippen molar-refractivity contribution in [3.05, 3.63) is 41.7 Å². The number of hydrogen-bond acceptors (Lipinski definition) is 4. The van der Waals surface area contributed by atoms with Gasteiger partial charge < -0.3 is 4.74 Å². The van der Waals surface area contributed by atoms with Crippen molar-refractivity contribution >= 4 is 19.7 Å². The highest BCUT2D eigenvalue weighted by Gasteiger charge is 2.12. The minimum absolute atomic E-state index is 0.0793. The van der Waals surface area contributed by atoms with Crippen molar-refractivity contribution < 1.29 is 13.2 Å². The maximum Gasteiger partial charge on any atom is 0.261 e. The van der Waals surface area contributed by atoms with Crippen LogP contribution < -0.4 is 4.74 Å². The number of benzene rings is 1. The first kappa shape index (κ1) is 14.9. The maximum atomic E-state index is 11.2. The Morgan fingerprint density at radius 3 is 2.65 bits per heavy atom. The number of halogens is 1. The van der Waals surface area contributed by atoms with Crippen molar-refractivity contribution in [1.29, 1.82) is 0 Å². The Morgan fingerprint density at radius 1 is 1.35 bits per heavy atom. The molecule has 0 unspecified atom stereocenters. The lowest BCUT2D eigenvalue weighted by molar-refractivity contribution is 0.316. The lowest BCUT2D eigenvalue weighted by Crippen LogP contribution is -2.06. The third kappa shape index (κ3) is 3.52. The highest BCUT2D eigenvalue weighted by atomic mass is 35.7. The van der Waals surface area contributed by atoms with Gasteiger partial charge in [0.1, 0.15) is 5.75 Å². The molecule has 0 aliphatic rings. The maximum absolute atomic E-state index is 11.2. The number of ether oxygens (including phenoxy) is 1. The van der Waals surface area contributed by atoms with Crippen LogP contribution in [0.25, 0.3) is 0 Å². The van der Waals surface area contributed by atoms with Crippen molar-refractivity contribution in [3.63, 3.8) is 0 Å². The lowest BCUT2D eigenvalue weighted by atomic mass is 10.2. The molecule has 0 fully saturated rings.